The molecular weight excluding hydrogens is 336 g/mol. The molecule has 0 atom stereocenters. The second-order valence-electron chi connectivity index (χ2n) is 6.32. The lowest BCUT2D eigenvalue weighted by Crippen LogP contribution is -2.34. The summed E-state index contributed by atoms with van der Waals surface area (Å²) < 4.78 is 10.5. The number of benzene rings is 1. The fraction of sp³-hybridized carbons (Fsp3) is 0.421. The number of ether oxygens (including phenoxy) is 2. The third-order valence-corrected chi connectivity index (χ3v) is 4.54. The SMILES string of the molecule is CCC(/C=C/C(=O)N1CCCCC1)=C\c1cc2c(c([N+](=O)[O-])c1)OCO2. The van der Waals surface area contributed by atoms with E-state index in [9.17, 15) is 14.9 Å². The smallest absolute Gasteiger partial charge is 0.315 e. The molecule has 7 heteroatoms. The summed E-state index contributed by atoms with van der Waals surface area (Å²) in [6.07, 6.45) is 9.18. The highest BCUT2D eigenvalue weighted by atomic mass is 16.7. The number of allylic oxidation sites excluding steroid dienone is 2. The normalized spacial score (nSPS) is 17.0. The van der Waals surface area contributed by atoms with E-state index in [0.717, 1.165) is 31.5 Å². The van der Waals surface area contributed by atoms with Gasteiger partial charge in [-0.05, 0) is 42.9 Å². The van der Waals surface area contributed by atoms with Gasteiger partial charge in [-0.15, -0.1) is 0 Å². The summed E-state index contributed by atoms with van der Waals surface area (Å²) in [4.78, 5) is 24.9. The zero-order valence-electron chi connectivity index (χ0n) is 14.8. The highest BCUT2D eigenvalue weighted by Gasteiger charge is 2.26. The molecule has 1 amide bonds. The van der Waals surface area contributed by atoms with Gasteiger partial charge in [0, 0.05) is 25.2 Å². The quantitative estimate of drug-likeness (QED) is 0.347. The number of amides is 1. The first-order valence-electron chi connectivity index (χ1n) is 8.84. The lowest BCUT2D eigenvalue weighted by molar-refractivity contribution is -0.385. The van der Waals surface area contributed by atoms with E-state index in [1.165, 1.54) is 12.5 Å². The van der Waals surface area contributed by atoms with E-state index in [0.29, 0.717) is 17.7 Å². The summed E-state index contributed by atoms with van der Waals surface area (Å²) in [7, 11) is 0. The average molecular weight is 358 g/mol. The zero-order valence-corrected chi connectivity index (χ0v) is 14.8. The molecule has 0 unspecified atom stereocenters. The van der Waals surface area contributed by atoms with Gasteiger partial charge in [-0.25, -0.2) is 0 Å². The van der Waals surface area contributed by atoms with Crippen LogP contribution in [0.15, 0.2) is 29.9 Å². The molecule has 1 fully saturated rings. The van der Waals surface area contributed by atoms with Crippen molar-refractivity contribution in [2.45, 2.75) is 32.6 Å². The maximum absolute atomic E-state index is 12.3. The molecule has 26 heavy (non-hydrogen) atoms. The predicted octanol–water partition coefficient (Wildman–Crippen LogP) is 3.69. The number of carbonyl (C=O) groups excluding carboxylic acids is 1. The second-order valence-corrected chi connectivity index (χ2v) is 6.32. The molecule has 2 heterocycles. The van der Waals surface area contributed by atoms with Crippen molar-refractivity contribution in [3.8, 4) is 11.5 Å². The Kier molecular flexibility index (Phi) is 5.55. The summed E-state index contributed by atoms with van der Waals surface area (Å²) in [5, 5.41) is 11.2. The maximum Gasteiger partial charge on any atom is 0.315 e. The average Bonchev–Trinajstić information content (AvgIpc) is 3.13. The number of likely N-dealkylation sites (tertiary alicyclic amines) is 1. The topological polar surface area (TPSA) is 81.9 Å². The van der Waals surface area contributed by atoms with E-state index in [2.05, 4.69) is 0 Å². The number of piperidine rings is 1. The molecule has 1 saturated heterocycles. The molecule has 7 nitrogen and oxygen atoms in total. The van der Waals surface area contributed by atoms with E-state index in [4.69, 9.17) is 9.47 Å². The van der Waals surface area contributed by atoms with E-state index in [-0.39, 0.29) is 24.1 Å². The standard InChI is InChI=1S/C19H22N2O5/c1-2-14(6-7-18(22)20-8-4-3-5-9-20)10-15-11-16(21(23)24)19-17(12-15)25-13-26-19/h6-7,10-12H,2-5,8-9,13H2,1H3/b7-6+,14-10+. The summed E-state index contributed by atoms with van der Waals surface area (Å²) in [5.74, 6) is 0.552. The van der Waals surface area contributed by atoms with Crippen LogP contribution in [0.2, 0.25) is 0 Å². The van der Waals surface area contributed by atoms with Crippen LogP contribution in [0.4, 0.5) is 5.69 Å². The number of carbonyl (C=O) groups is 1. The minimum Gasteiger partial charge on any atom is -0.453 e. The van der Waals surface area contributed by atoms with Gasteiger partial charge in [0.05, 0.1) is 4.92 Å². The third kappa shape index (κ3) is 4.04. The summed E-state index contributed by atoms with van der Waals surface area (Å²) in [6, 6.07) is 3.18. The number of hydrogen-bond donors (Lipinski definition) is 0. The van der Waals surface area contributed by atoms with Crippen LogP contribution in [0.1, 0.15) is 38.2 Å². The molecule has 138 valence electrons. The predicted molar refractivity (Wildman–Crippen MR) is 97.1 cm³/mol. The molecular formula is C19H22N2O5. The fourth-order valence-electron chi connectivity index (χ4n) is 3.11. The van der Waals surface area contributed by atoms with E-state index < -0.39 is 4.92 Å². The van der Waals surface area contributed by atoms with Gasteiger partial charge < -0.3 is 14.4 Å². The first-order valence-corrected chi connectivity index (χ1v) is 8.84. The molecule has 1 aromatic rings. The number of nitro groups is 1. The Hall–Kier alpha value is -2.83. The van der Waals surface area contributed by atoms with E-state index in [1.54, 1.807) is 18.2 Å². The Morgan fingerprint density at radius 2 is 2.00 bits per heavy atom. The van der Waals surface area contributed by atoms with Crippen LogP contribution < -0.4 is 9.47 Å². The molecule has 2 aliphatic heterocycles. The largest absolute Gasteiger partial charge is 0.453 e. The highest BCUT2D eigenvalue weighted by molar-refractivity contribution is 5.88. The van der Waals surface area contributed by atoms with Crippen molar-refractivity contribution in [3.63, 3.8) is 0 Å². The van der Waals surface area contributed by atoms with Gasteiger partial charge >= 0.3 is 5.69 Å². The Bertz CT molecular complexity index is 763. The number of rotatable bonds is 5. The van der Waals surface area contributed by atoms with Gasteiger partial charge in [0.2, 0.25) is 18.4 Å². The van der Waals surface area contributed by atoms with Crippen molar-refractivity contribution >= 4 is 17.7 Å². The Morgan fingerprint density at radius 1 is 1.23 bits per heavy atom. The zero-order chi connectivity index (χ0) is 18.5. The summed E-state index contributed by atoms with van der Waals surface area (Å²) >= 11 is 0. The van der Waals surface area contributed by atoms with Crippen molar-refractivity contribution in [2.24, 2.45) is 0 Å². The van der Waals surface area contributed by atoms with Crippen molar-refractivity contribution in [1.29, 1.82) is 0 Å². The third-order valence-electron chi connectivity index (χ3n) is 4.54. The van der Waals surface area contributed by atoms with Gasteiger partial charge in [0.25, 0.3) is 0 Å². The van der Waals surface area contributed by atoms with Crippen LogP contribution in [-0.4, -0.2) is 35.6 Å². The van der Waals surface area contributed by atoms with Crippen LogP contribution in [0.5, 0.6) is 11.5 Å². The molecule has 3 rings (SSSR count). The van der Waals surface area contributed by atoms with Crippen molar-refractivity contribution in [2.75, 3.05) is 19.9 Å². The Morgan fingerprint density at radius 3 is 2.69 bits per heavy atom. The lowest BCUT2D eigenvalue weighted by Gasteiger charge is -2.25. The Labute approximate surface area is 152 Å². The Balaban J connectivity index is 1.80. The second kappa shape index (κ2) is 8.03. The molecule has 0 aliphatic carbocycles. The molecule has 1 aromatic carbocycles. The van der Waals surface area contributed by atoms with E-state index in [1.807, 2.05) is 17.9 Å². The minimum absolute atomic E-state index is 0.0146. The molecule has 0 radical (unpaired) electrons. The number of nitro benzene ring substituents is 1. The molecule has 0 bridgehead atoms. The number of fused-ring (bicyclic) bond motifs is 1. The molecule has 0 spiro atoms. The van der Waals surface area contributed by atoms with Gasteiger partial charge in [-0.2, -0.15) is 0 Å². The number of nitrogens with zero attached hydrogens (tertiary/aromatic N) is 2. The van der Waals surface area contributed by atoms with Crippen molar-refractivity contribution < 1.29 is 19.2 Å². The summed E-state index contributed by atoms with van der Waals surface area (Å²) in [6.45, 7) is 3.57. The monoisotopic (exact) mass is 358 g/mol. The molecule has 0 saturated carbocycles. The first kappa shape index (κ1) is 18.0. The summed E-state index contributed by atoms with van der Waals surface area (Å²) in [5.41, 5.74) is 1.44. The first-order chi connectivity index (χ1) is 12.6. The van der Waals surface area contributed by atoms with Crippen LogP contribution in [-0.2, 0) is 4.79 Å². The van der Waals surface area contributed by atoms with Crippen LogP contribution >= 0.6 is 0 Å². The van der Waals surface area contributed by atoms with Crippen molar-refractivity contribution in [3.05, 3.63) is 45.5 Å². The fourth-order valence-corrected chi connectivity index (χ4v) is 3.11. The van der Waals surface area contributed by atoms with Crippen LogP contribution in [0.25, 0.3) is 6.08 Å². The molecule has 0 N–H and O–H groups in total. The lowest BCUT2D eigenvalue weighted by atomic mass is 10.1. The number of hydrogen-bond acceptors (Lipinski definition) is 5. The van der Waals surface area contributed by atoms with Crippen molar-refractivity contribution in [1.82, 2.24) is 4.90 Å². The van der Waals surface area contributed by atoms with Crippen LogP contribution in [0, 0.1) is 10.1 Å². The van der Waals surface area contributed by atoms with Gasteiger partial charge in [-0.1, -0.05) is 19.1 Å². The van der Waals surface area contributed by atoms with Gasteiger partial charge in [0.15, 0.2) is 5.75 Å². The highest BCUT2D eigenvalue weighted by Crippen LogP contribution is 2.42. The van der Waals surface area contributed by atoms with Crippen LogP contribution in [0.3, 0.4) is 0 Å². The molecule has 0 aromatic heterocycles. The maximum atomic E-state index is 12.3. The minimum atomic E-state index is -0.480. The van der Waals surface area contributed by atoms with Gasteiger partial charge in [0.1, 0.15) is 0 Å². The van der Waals surface area contributed by atoms with E-state index >= 15 is 0 Å². The van der Waals surface area contributed by atoms with Gasteiger partial charge in [-0.3, -0.25) is 14.9 Å². The molecule has 2 aliphatic rings.